The van der Waals surface area contributed by atoms with Gasteiger partial charge < -0.3 is 0 Å². The fourth-order valence-electron chi connectivity index (χ4n) is 3.11. The third kappa shape index (κ3) is 4.87. The van der Waals surface area contributed by atoms with E-state index in [-0.39, 0.29) is 11.5 Å². The van der Waals surface area contributed by atoms with Gasteiger partial charge in [0.1, 0.15) is 0 Å². The van der Waals surface area contributed by atoms with Gasteiger partial charge in [-0.1, -0.05) is 0 Å². The summed E-state index contributed by atoms with van der Waals surface area (Å²) in [6.45, 7) is 0.483. The maximum atomic E-state index is 13.0. The van der Waals surface area contributed by atoms with Gasteiger partial charge in [0, 0.05) is 0 Å². The van der Waals surface area contributed by atoms with Crippen molar-refractivity contribution < 1.29 is 14.4 Å². The Bertz CT molecular complexity index is 1210. The molecule has 0 radical (unpaired) electrons. The van der Waals surface area contributed by atoms with Crippen LogP contribution in [-0.2, 0) is 4.79 Å². The van der Waals surface area contributed by atoms with Gasteiger partial charge in [0.15, 0.2) is 0 Å². The first kappa shape index (κ1) is 22.5. The molecular formula is C21H18ClIN4O4S. The molecule has 4 amide bonds. The van der Waals surface area contributed by atoms with Crippen LogP contribution in [0.2, 0.25) is 4.34 Å². The van der Waals surface area contributed by atoms with Gasteiger partial charge in [0.2, 0.25) is 0 Å². The summed E-state index contributed by atoms with van der Waals surface area (Å²) >= 11 is 5.19. The Hall–Kier alpha value is -2.70. The van der Waals surface area contributed by atoms with Gasteiger partial charge >= 0.3 is 201 Å². The van der Waals surface area contributed by atoms with Crippen molar-refractivity contribution in [2.24, 2.45) is 0 Å². The van der Waals surface area contributed by atoms with E-state index in [0.717, 1.165) is 9.33 Å². The SMILES string of the molecule is O=CN(C(=O)N1CCI(NC(=O)c2ccc(Cl)s2)C1)c1ccc(-n2ccccc2=O)cc1. The normalized spacial score (nSPS) is 14.3. The minimum absolute atomic E-state index is 0.166. The van der Waals surface area contributed by atoms with Gasteiger partial charge in [-0.25, -0.2) is 0 Å². The molecule has 1 saturated heterocycles. The summed E-state index contributed by atoms with van der Waals surface area (Å²) in [5.74, 6) is -0.166. The monoisotopic (exact) mass is 584 g/mol. The molecule has 166 valence electrons. The predicted molar refractivity (Wildman–Crippen MR) is 133 cm³/mol. The number of thiophene rings is 1. The molecule has 11 heteroatoms. The molecule has 1 N–H and O–H groups in total. The topological polar surface area (TPSA) is 91.7 Å². The van der Waals surface area contributed by atoms with E-state index in [1.165, 1.54) is 22.0 Å². The predicted octanol–water partition coefficient (Wildman–Crippen LogP) is 3.76. The van der Waals surface area contributed by atoms with Crippen LogP contribution in [0.15, 0.2) is 65.6 Å². The number of amides is 4. The summed E-state index contributed by atoms with van der Waals surface area (Å²) < 4.78 is 6.27. The summed E-state index contributed by atoms with van der Waals surface area (Å²) in [5, 5.41) is 0. The van der Waals surface area contributed by atoms with E-state index in [4.69, 9.17) is 11.6 Å². The van der Waals surface area contributed by atoms with Gasteiger partial charge in [0.25, 0.3) is 0 Å². The Balaban J connectivity index is 1.42. The molecule has 3 aromatic rings. The van der Waals surface area contributed by atoms with Crippen molar-refractivity contribution in [2.45, 2.75) is 0 Å². The number of alkyl halides is 2. The summed E-state index contributed by atoms with van der Waals surface area (Å²) in [6, 6.07) is 14.4. The first-order chi connectivity index (χ1) is 15.5. The van der Waals surface area contributed by atoms with Crippen molar-refractivity contribution in [3.63, 3.8) is 0 Å². The fraction of sp³-hybridized carbons (Fsp3) is 0.143. The first-order valence-corrected chi connectivity index (χ1v) is 14.8. The maximum absolute atomic E-state index is 13.0. The summed E-state index contributed by atoms with van der Waals surface area (Å²) in [5.41, 5.74) is 0.856. The summed E-state index contributed by atoms with van der Waals surface area (Å²) in [6.07, 6.45) is 2.13. The molecule has 0 spiro atoms. The number of rotatable bonds is 5. The second-order valence-corrected chi connectivity index (χ2v) is 13.4. The molecule has 4 rings (SSSR count). The Morgan fingerprint density at radius 3 is 2.56 bits per heavy atom. The van der Waals surface area contributed by atoms with Crippen LogP contribution in [0.4, 0.5) is 10.5 Å². The van der Waals surface area contributed by atoms with Crippen molar-refractivity contribution in [2.75, 3.05) is 20.4 Å². The number of nitrogens with one attached hydrogen (secondary N) is 1. The molecule has 0 atom stereocenters. The molecule has 0 bridgehead atoms. The van der Waals surface area contributed by atoms with Crippen LogP contribution in [0.1, 0.15) is 9.67 Å². The molecule has 8 nitrogen and oxygen atoms in total. The van der Waals surface area contributed by atoms with E-state index in [2.05, 4.69) is 3.53 Å². The Morgan fingerprint density at radius 2 is 1.91 bits per heavy atom. The van der Waals surface area contributed by atoms with Crippen molar-refractivity contribution in [1.82, 2.24) is 13.0 Å². The van der Waals surface area contributed by atoms with Gasteiger partial charge in [-0.05, 0) is 0 Å². The second kappa shape index (κ2) is 9.84. The first-order valence-electron chi connectivity index (χ1n) is 9.46. The van der Waals surface area contributed by atoms with Crippen LogP contribution in [0.3, 0.4) is 0 Å². The van der Waals surface area contributed by atoms with E-state index in [1.54, 1.807) is 59.6 Å². The molecule has 1 aliphatic rings. The van der Waals surface area contributed by atoms with E-state index in [0.29, 0.717) is 38.1 Å². The number of hydrogen-bond acceptors (Lipinski definition) is 5. The van der Waals surface area contributed by atoms with Crippen molar-refractivity contribution >= 4 is 67.1 Å². The molecule has 0 unspecified atom stereocenters. The zero-order chi connectivity index (χ0) is 22.7. The summed E-state index contributed by atoms with van der Waals surface area (Å²) in [7, 11) is 0. The molecule has 0 saturated carbocycles. The Kier molecular flexibility index (Phi) is 6.92. The van der Waals surface area contributed by atoms with Crippen LogP contribution in [0.5, 0.6) is 0 Å². The second-order valence-electron chi connectivity index (χ2n) is 6.74. The number of halogens is 2. The van der Waals surface area contributed by atoms with Crippen molar-refractivity contribution in [3.05, 3.63) is 80.4 Å². The standard InChI is InChI=1S/C21H18ClIN4O4S/c22-18-9-8-17(32-18)20(30)24-23-10-12-25(13-23)21(31)27(14-28)16-6-4-15(5-7-16)26-11-2-1-3-19(26)29/h1-9,11,14H,10,12-13H2,(H,24,30). The van der Waals surface area contributed by atoms with Crippen molar-refractivity contribution in [1.29, 1.82) is 0 Å². The number of benzene rings is 1. The number of nitrogens with zero attached hydrogens (tertiary/aromatic N) is 3. The third-order valence-corrected chi connectivity index (χ3v) is 10.6. The number of carbonyl (C=O) groups is 3. The Labute approximate surface area is 200 Å². The van der Waals surface area contributed by atoms with Crippen LogP contribution in [0.25, 0.3) is 5.69 Å². The molecule has 3 heterocycles. The van der Waals surface area contributed by atoms with E-state index in [1.807, 2.05) is 0 Å². The number of urea groups is 1. The van der Waals surface area contributed by atoms with Crippen molar-refractivity contribution in [3.8, 4) is 5.69 Å². The summed E-state index contributed by atoms with van der Waals surface area (Å²) in [4.78, 5) is 52.2. The number of hydrogen-bond donors (Lipinski definition) is 1. The Morgan fingerprint density at radius 1 is 1.12 bits per heavy atom. The van der Waals surface area contributed by atoms with E-state index in [9.17, 15) is 19.2 Å². The van der Waals surface area contributed by atoms with E-state index >= 15 is 0 Å². The number of imide groups is 1. The zero-order valence-electron chi connectivity index (χ0n) is 16.6. The number of aromatic nitrogens is 1. The van der Waals surface area contributed by atoms with Gasteiger partial charge in [-0.3, -0.25) is 0 Å². The quantitative estimate of drug-likeness (QED) is 0.163. The number of carbonyl (C=O) groups excluding carboxylic acids is 3. The minimum atomic E-state index is -1.92. The molecule has 2 aromatic heterocycles. The molecule has 1 aliphatic heterocycles. The molecular weight excluding hydrogens is 567 g/mol. The van der Waals surface area contributed by atoms with Gasteiger partial charge in [0.05, 0.1) is 0 Å². The number of pyridine rings is 1. The van der Waals surface area contributed by atoms with Crippen LogP contribution >= 0.6 is 43.0 Å². The van der Waals surface area contributed by atoms with Gasteiger partial charge in [-0.2, -0.15) is 0 Å². The average Bonchev–Trinajstić information content (AvgIpc) is 3.44. The molecule has 1 fully saturated rings. The average molecular weight is 585 g/mol. The molecule has 32 heavy (non-hydrogen) atoms. The van der Waals surface area contributed by atoms with Gasteiger partial charge in [-0.15, -0.1) is 0 Å². The molecule has 0 aliphatic carbocycles. The van der Waals surface area contributed by atoms with E-state index < -0.39 is 26.1 Å². The fourth-order valence-corrected chi connectivity index (χ4v) is 8.79. The van der Waals surface area contributed by atoms with Crippen LogP contribution < -0.4 is 14.0 Å². The molecule has 1 aromatic carbocycles. The van der Waals surface area contributed by atoms with Crippen LogP contribution in [0, 0.1) is 0 Å². The van der Waals surface area contributed by atoms with Crippen LogP contribution in [-0.4, -0.2) is 43.3 Å². The zero-order valence-corrected chi connectivity index (χ0v) is 20.3. The number of anilines is 1. The third-order valence-electron chi connectivity index (χ3n) is 4.70.